The van der Waals surface area contributed by atoms with Crippen molar-refractivity contribution in [3.05, 3.63) is 142 Å². The summed E-state index contributed by atoms with van der Waals surface area (Å²) in [6, 6.07) is 19.5. The Kier molecular flexibility index (Phi) is 20.6. The fourth-order valence-corrected chi connectivity index (χ4v) is 15.8. The van der Waals surface area contributed by atoms with Crippen molar-refractivity contribution < 1.29 is 38.6 Å². The lowest BCUT2D eigenvalue weighted by Crippen LogP contribution is -2.57. The van der Waals surface area contributed by atoms with E-state index in [1.165, 1.54) is 52.5 Å². The number of hydrogen-bond donors (Lipinski definition) is 6. The van der Waals surface area contributed by atoms with E-state index in [-0.39, 0.29) is 31.0 Å². The molecule has 9 aliphatic rings. The molecule has 5 atom stereocenters. The van der Waals surface area contributed by atoms with Gasteiger partial charge in [0.25, 0.3) is 0 Å². The number of benzene rings is 3. The van der Waals surface area contributed by atoms with Gasteiger partial charge in [0, 0.05) is 82.9 Å². The van der Waals surface area contributed by atoms with E-state index in [9.17, 15) is 10.2 Å². The van der Waals surface area contributed by atoms with Crippen LogP contribution in [0.25, 0.3) is 32.7 Å². The van der Waals surface area contributed by atoms with E-state index >= 15 is 0 Å². The first-order valence-electron chi connectivity index (χ1n) is 35.6. The number of nitrogens with two attached hydrogens (primary N) is 3. The summed E-state index contributed by atoms with van der Waals surface area (Å²) in [6.45, 7) is 26.1. The van der Waals surface area contributed by atoms with Crippen LogP contribution in [0.2, 0.25) is 0 Å². The van der Waals surface area contributed by atoms with Crippen molar-refractivity contribution >= 4 is 32.7 Å². The summed E-state index contributed by atoms with van der Waals surface area (Å²) >= 11 is 0. The summed E-state index contributed by atoms with van der Waals surface area (Å²) in [7, 11) is 0. The Balaban J connectivity index is 0.000000133. The minimum Gasteiger partial charge on any atom is -0.484 e. The molecule has 5 unspecified atom stereocenters. The summed E-state index contributed by atoms with van der Waals surface area (Å²) in [5, 5.41) is 36.1. The largest absolute Gasteiger partial charge is 0.484 e. The van der Waals surface area contributed by atoms with Crippen LogP contribution in [0, 0.1) is 40.4 Å². The number of aliphatic hydroxyl groups excluding tert-OH is 2. The number of rotatable bonds is 16. The molecule has 5 saturated carbocycles. The summed E-state index contributed by atoms with van der Waals surface area (Å²) in [6.07, 6.45) is 24.3. The molecule has 96 heavy (non-hydrogen) atoms. The van der Waals surface area contributed by atoms with Crippen LogP contribution >= 0.6 is 0 Å². The van der Waals surface area contributed by atoms with Crippen LogP contribution in [0.15, 0.2) is 97.0 Å². The monoisotopic (exact) mass is 1310 g/mol. The van der Waals surface area contributed by atoms with Gasteiger partial charge in [0.05, 0.1) is 79.8 Å². The highest BCUT2D eigenvalue weighted by molar-refractivity contribution is 5.87. The molecule has 3 spiro atoms. The van der Waals surface area contributed by atoms with Crippen molar-refractivity contribution in [3.8, 4) is 17.2 Å². The lowest BCUT2D eigenvalue weighted by molar-refractivity contribution is -0.165. The topological polar surface area (TPSA) is 259 Å². The molecule has 16 rings (SSSR count). The third-order valence-electron chi connectivity index (χ3n) is 22.0. The first-order chi connectivity index (χ1) is 46.3. The summed E-state index contributed by atoms with van der Waals surface area (Å²) in [5.41, 5.74) is 28.1. The van der Waals surface area contributed by atoms with Crippen molar-refractivity contribution in [1.82, 2.24) is 40.3 Å². The van der Waals surface area contributed by atoms with E-state index in [0.29, 0.717) is 76.8 Å². The van der Waals surface area contributed by atoms with Crippen molar-refractivity contribution in [2.75, 3.05) is 39.6 Å². The molecule has 19 nitrogen and oxygen atoms in total. The summed E-state index contributed by atoms with van der Waals surface area (Å²) < 4.78 is 37.1. The van der Waals surface area contributed by atoms with Gasteiger partial charge in [-0.2, -0.15) is 0 Å². The zero-order valence-electron chi connectivity index (χ0n) is 58.5. The quantitative estimate of drug-likeness (QED) is 0.0388. The minimum atomic E-state index is -0.301. The third kappa shape index (κ3) is 14.7. The smallest absolute Gasteiger partial charge is 0.141 e. The number of aromatic nitrogens is 6. The fourth-order valence-electron chi connectivity index (χ4n) is 15.8. The number of pyridine rings is 3. The highest BCUT2D eigenvalue weighted by Gasteiger charge is 2.62. The molecular weight excluding hydrogens is 1210 g/mol. The van der Waals surface area contributed by atoms with Crippen molar-refractivity contribution in [2.45, 2.75) is 209 Å². The normalized spacial score (nSPS) is 23.5. The van der Waals surface area contributed by atoms with E-state index in [1.54, 1.807) is 11.2 Å². The molecule has 6 fully saturated rings. The van der Waals surface area contributed by atoms with Gasteiger partial charge in [0.15, 0.2) is 0 Å². The lowest BCUT2D eigenvalue weighted by atomic mass is 9.64. The predicted molar refractivity (Wildman–Crippen MR) is 376 cm³/mol. The van der Waals surface area contributed by atoms with Crippen LogP contribution in [-0.4, -0.2) is 109 Å². The maximum absolute atomic E-state index is 9.38. The Hall–Kier alpha value is -7.13. The first kappa shape index (κ1) is 68.8. The standard InChI is InChI=1S/C26H32N4O2.C23H30N4O3.C23H29N3O3.C3H8.C2H6/c1-16(24-14-30(29-28-24)19-11-26(12-19)10-18(26)15-31)32-20-4-5-23-22(8-20)21-6-7-25(2,3)9-17(21)13-27-23;1-14(21(24)11-27(25)17-8-23(9-17)7-16(23)12-28)30-18-2-3-22-20(6-18)19-4-5-29-13-15(19)10-26-22;1-14-20-11-27-6-5-18(20)19-7-17(3-4-22(19)26-14)29-15(2)21(24)10-25-16-8-23(9-16)12-28-13-23;1-3-2;1-2/h4-5,8,13-14,16,18-19,31H,6-7,9-12,15H2,1-3H3;2-3,6,10-11,14,16-17,28H,4-5,7-9,12-13,24-25H2,1H3;3-4,7,10,15-16,25H,5-6,8-9,11-13,24H2,1-2H3;3H2,1-2H3;1-2H3/b;21-11-;21-10-;;. The van der Waals surface area contributed by atoms with Crippen LogP contribution in [0.1, 0.15) is 183 Å². The molecule has 3 aromatic carbocycles. The molecule has 0 amide bonds. The molecule has 9 N–H and O–H groups in total. The molecular formula is C77H105N11O8. The van der Waals surface area contributed by atoms with Crippen LogP contribution in [0.4, 0.5) is 0 Å². The fraction of sp³-hybridized carbons (Fsp3) is 0.571. The number of hydrogen-bond acceptors (Lipinski definition) is 18. The third-order valence-corrected chi connectivity index (χ3v) is 22.0. The number of aryl methyl sites for hydroxylation is 2. The van der Waals surface area contributed by atoms with E-state index in [1.807, 2.05) is 94.3 Å². The van der Waals surface area contributed by atoms with Crippen molar-refractivity contribution in [2.24, 2.45) is 50.8 Å². The van der Waals surface area contributed by atoms with Gasteiger partial charge >= 0.3 is 0 Å². The van der Waals surface area contributed by atoms with Crippen LogP contribution < -0.4 is 36.8 Å². The van der Waals surface area contributed by atoms with Gasteiger partial charge in [-0.1, -0.05) is 53.2 Å². The molecule has 0 bridgehead atoms. The second-order valence-electron chi connectivity index (χ2n) is 29.8. The highest BCUT2D eigenvalue weighted by atomic mass is 16.5. The lowest BCUT2D eigenvalue weighted by Gasteiger charge is -2.53. The SMILES string of the molecule is CC.CC(Oc1ccc2ncc3c(c2c1)CCC(C)(C)C3)c1cn(C2CC3(C2)CC3CO)nn1.CC(Oc1ccc2ncc3c(c2c1)CCOC3)/C(N)=C/N(N)C1CC2(C1)CC2CO.CCC.Cc1nc2ccc(OC(C)/C(N)=C/NC3CC4(COC4)C3)cc2c2c1COCC2. The van der Waals surface area contributed by atoms with E-state index < -0.39 is 0 Å². The zero-order valence-corrected chi connectivity index (χ0v) is 58.5. The average Bonchev–Trinajstić information content (AvgIpc) is 1.55. The van der Waals surface area contributed by atoms with Crippen LogP contribution in [0.3, 0.4) is 0 Å². The average molecular weight is 1310 g/mol. The van der Waals surface area contributed by atoms with Crippen LogP contribution in [-0.2, 0) is 53.1 Å². The highest BCUT2D eigenvalue weighted by Crippen LogP contribution is 2.69. The number of nitrogens with zero attached hydrogens (tertiary/aromatic N) is 7. The molecule has 19 heteroatoms. The van der Waals surface area contributed by atoms with Gasteiger partial charge in [-0.25, -0.2) is 10.5 Å². The van der Waals surface area contributed by atoms with E-state index in [4.69, 9.17) is 55.7 Å². The molecule has 4 aromatic heterocycles. The number of fused-ring (bicyclic) bond motifs is 9. The predicted octanol–water partition coefficient (Wildman–Crippen LogP) is 12.4. The Labute approximate surface area is 567 Å². The number of nitrogens with one attached hydrogen (secondary N) is 1. The van der Waals surface area contributed by atoms with Gasteiger partial charge in [-0.3, -0.25) is 15.0 Å². The molecule has 7 heterocycles. The van der Waals surface area contributed by atoms with E-state index in [2.05, 4.69) is 79.6 Å². The zero-order chi connectivity index (χ0) is 67.7. The molecule has 7 aromatic rings. The second-order valence-corrected chi connectivity index (χ2v) is 29.8. The Morgan fingerprint density at radius 3 is 1.85 bits per heavy atom. The van der Waals surface area contributed by atoms with E-state index in [0.717, 1.165) is 159 Å². The van der Waals surface area contributed by atoms with Gasteiger partial charge in [-0.05, 0) is 222 Å². The molecule has 516 valence electrons. The minimum absolute atomic E-state index is 0.173. The van der Waals surface area contributed by atoms with Gasteiger partial charge in [-0.15, -0.1) is 5.10 Å². The Morgan fingerprint density at radius 1 is 0.698 bits per heavy atom. The summed E-state index contributed by atoms with van der Waals surface area (Å²) in [5.74, 6) is 9.64. The second kappa shape index (κ2) is 28.7. The van der Waals surface area contributed by atoms with Gasteiger partial charge in [0.1, 0.15) is 41.3 Å². The number of aliphatic hydroxyl groups is 2. The molecule has 0 radical (unpaired) electrons. The first-order valence-corrected chi connectivity index (χ1v) is 35.6. The molecule has 3 aliphatic heterocycles. The van der Waals surface area contributed by atoms with Crippen molar-refractivity contribution in [3.63, 3.8) is 0 Å². The summed E-state index contributed by atoms with van der Waals surface area (Å²) in [4.78, 5) is 14.0. The Morgan fingerprint density at radius 2 is 1.25 bits per heavy atom. The van der Waals surface area contributed by atoms with Crippen LogP contribution in [0.5, 0.6) is 17.2 Å². The number of ether oxygens (including phenoxy) is 6. The Bertz CT molecular complexity index is 3940. The molecule has 1 saturated heterocycles. The van der Waals surface area contributed by atoms with Crippen molar-refractivity contribution in [1.29, 1.82) is 0 Å². The molecule has 6 aliphatic carbocycles. The maximum atomic E-state index is 9.38. The van der Waals surface area contributed by atoms with Gasteiger partial charge in [0.2, 0.25) is 0 Å². The van der Waals surface area contributed by atoms with Gasteiger partial charge < -0.3 is 60.4 Å². The number of hydrazine groups is 1. The maximum Gasteiger partial charge on any atom is 0.141 e.